The predicted molar refractivity (Wildman–Crippen MR) is 76.0 cm³/mol. The van der Waals surface area contributed by atoms with E-state index in [4.69, 9.17) is 10.8 Å². The van der Waals surface area contributed by atoms with E-state index in [1.54, 1.807) is 0 Å². The molecule has 0 saturated heterocycles. The molecule has 0 aliphatic carbocycles. The van der Waals surface area contributed by atoms with Crippen molar-refractivity contribution in [2.75, 3.05) is 5.73 Å². The lowest BCUT2D eigenvalue weighted by Gasteiger charge is -2.07. The van der Waals surface area contributed by atoms with Crippen LogP contribution in [-0.4, -0.2) is 11.1 Å². The summed E-state index contributed by atoms with van der Waals surface area (Å²) in [6.45, 7) is 0. The molecule has 1 rings (SSSR count). The fraction of sp³-hybridized carbons (Fsp3) is 0. The third kappa shape index (κ3) is 2.37. The maximum atomic E-state index is 10.8. The first-order valence-corrected chi connectivity index (χ1v) is 6.35. The van der Waals surface area contributed by atoms with Crippen molar-refractivity contribution >= 4 is 79.4 Å². The first-order chi connectivity index (χ1) is 5.95. The predicted octanol–water partition coefficient (Wildman–Crippen LogP) is 2.78. The Morgan fingerprint density at radius 3 is 2.31 bits per heavy atom. The van der Waals surface area contributed by atoms with Crippen LogP contribution in [0.15, 0.2) is 6.07 Å². The van der Waals surface area contributed by atoms with Gasteiger partial charge in [0.15, 0.2) is 0 Å². The number of nitrogen functional groups attached to an aromatic ring is 1. The smallest absolute Gasteiger partial charge is 0.338 e. The summed E-state index contributed by atoms with van der Waals surface area (Å²) >= 11 is 6.15. The molecule has 1 aromatic carbocycles. The number of carboxylic acids is 1. The van der Waals surface area contributed by atoms with Crippen molar-refractivity contribution in [1.82, 2.24) is 0 Å². The maximum Gasteiger partial charge on any atom is 0.338 e. The van der Waals surface area contributed by atoms with Crippen LogP contribution in [0.1, 0.15) is 10.4 Å². The second-order valence-corrected chi connectivity index (χ2v) is 5.65. The Morgan fingerprint density at radius 2 is 1.85 bits per heavy atom. The van der Waals surface area contributed by atoms with Gasteiger partial charge in [-0.05, 0) is 73.8 Å². The summed E-state index contributed by atoms with van der Waals surface area (Å²) < 4.78 is 2.45. The lowest BCUT2D eigenvalue weighted by Crippen LogP contribution is -2.08. The van der Waals surface area contributed by atoms with E-state index < -0.39 is 5.97 Å². The van der Waals surface area contributed by atoms with Gasteiger partial charge in [0.25, 0.3) is 0 Å². The summed E-state index contributed by atoms with van der Waals surface area (Å²) in [7, 11) is 0. The molecule has 0 saturated carbocycles. The van der Waals surface area contributed by atoms with Gasteiger partial charge >= 0.3 is 5.97 Å². The van der Waals surface area contributed by atoms with Crippen molar-refractivity contribution < 1.29 is 9.90 Å². The molecule has 0 amide bonds. The molecule has 0 unspecified atom stereocenters. The third-order valence-corrected chi connectivity index (χ3v) is 5.32. The molecular formula is C7H4I3NO2. The molecule has 13 heavy (non-hydrogen) atoms. The maximum absolute atomic E-state index is 10.8. The number of hydrogen-bond donors (Lipinski definition) is 2. The fourth-order valence-electron chi connectivity index (χ4n) is 0.831. The van der Waals surface area contributed by atoms with Crippen LogP contribution in [0.25, 0.3) is 0 Å². The van der Waals surface area contributed by atoms with E-state index in [-0.39, 0.29) is 5.56 Å². The van der Waals surface area contributed by atoms with Crippen LogP contribution in [0.5, 0.6) is 0 Å². The molecule has 1 aromatic rings. The summed E-state index contributed by atoms with van der Waals surface area (Å²) in [6, 6.07) is 1.81. The summed E-state index contributed by atoms with van der Waals surface area (Å²) in [5.74, 6) is -0.976. The van der Waals surface area contributed by atoms with Gasteiger partial charge in [-0.25, -0.2) is 4.79 Å². The Kier molecular flexibility index (Phi) is 4.04. The molecule has 0 fully saturated rings. The first kappa shape index (κ1) is 11.8. The summed E-state index contributed by atoms with van der Waals surface area (Å²) in [4.78, 5) is 10.8. The number of rotatable bonds is 1. The summed E-state index contributed by atoms with van der Waals surface area (Å²) in [6.07, 6.45) is 0. The Balaban J connectivity index is 3.53. The molecule has 70 valence electrons. The number of nitrogens with two attached hydrogens (primary N) is 1. The van der Waals surface area contributed by atoms with Crippen LogP contribution >= 0.6 is 67.8 Å². The SMILES string of the molecule is Nc1c(I)c(I)cc(I)c1C(=O)O. The molecule has 0 radical (unpaired) electrons. The van der Waals surface area contributed by atoms with Gasteiger partial charge in [-0.3, -0.25) is 0 Å². The van der Waals surface area contributed by atoms with Gasteiger partial charge in [0.05, 0.1) is 14.8 Å². The van der Waals surface area contributed by atoms with E-state index in [1.807, 2.05) is 51.2 Å². The van der Waals surface area contributed by atoms with E-state index in [1.165, 1.54) is 0 Å². The van der Waals surface area contributed by atoms with Gasteiger partial charge in [0.2, 0.25) is 0 Å². The fourth-order valence-corrected chi connectivity index (χ4v) is 3.29. The van der Waals surface area contributed by atoms with E-state index in [0.29, 0.717) is 9.26 Å². The molecule has 0 aromatic heterocycles. The minimum Gasteiger partial charge on any atom is -0.478 e. The lowest BCUT2D eigenvalue weighted by molar-refractivity contribution is 0.0697. The highest BCUT2D eigenvalue weighted by molar-refractivity contribution is 14.1. The Labute approximate surface area is 116 Å². The molecule has 0 bridgehead atoms. The van der Waals surface area contributed by atoms with Gasteiger partial charge in [-0.2, -0.15) is 0 Å². The zero-order chi connectivity index (χ0) is 10.2. The highest BCUT2D eigenvalue weighted by Crippen LogP contribution is 2.29. The van der Waals surface area contributed by atoms with Crippen molar-refractivity contribution in [3.8, 4) is 0 Å². The third-order valence-electron chi connectivity index (χ3n) is 1.42. The summed E-state index contributed by atoms with van der Waals surface area (Å²) in [5, 5.41) is 8.87. The Bertz CT molecular complexity index is 378. The minimum atomic E-state index is -0.976. The normalized spacial score (nSPS) is 10.1. The number of carbonyl (C=O) groups is 1. The highest BCUT2D eigenvalue weighted by Gasteiger charge is 2.16. The van der Waals surface area contributed by atoms with Crippen molar-refractivity contribution in [2.45, 2.75) is 0 Å². The average molecular weight is 515 g/mol. The van der Waals surface area contributed by atoms with Crippen molar-refractivity contribution in [3.63, 3.8) is 0 Å². The van der Waals surface area contributed by atoms with Crippen LogP contribution in [0, 0.1) is 10.7 Å². The van der Waals surface area contributed by atoms with E-state index in [2.05, 4.69) is 22.6 Å². The number of carboxylic acid groups (broad SMARTS) is 1. The lowest BCUT2D eigenvalue weighted by atomic mass is 10.2. The summed E-state index contributed by atoms with van der Waals surface area (Å²) in [5.41, 5.74) is 6.24. The Morgan fingerprint density at radius 1 is 1.31 bits per heavy atom. The van der Waals surface area contributed by atoms with Gasteiger partial charge in [0, 0.05) is 7.14 Å². The highest BCUT2D eigenvalue weighted by atomic mass is 127. The van der Waals surface area contributed by atoms with Gasteiger partial charge in [0.1, 0.15) is 0 Å². The van der Waals surface area contributed by atoms with Crippen molar-refractivity contribution in [2.24, 2.45) is 0 Å². The number of halogens is 3. The van der Waals surface area contributed by atoms with Crippen molar-refractivity contribution in [1.29, 1.82) is 0 Å². The average Bonchev–Trinajstić information content (AvgIpc) is 1.99. The van der Waals surface area contributed by atoms with Crippen LogP contribution in [0.2, 0.25) is 0 Å². The van der Waals surface area contributed by atoms with E-state index in [0.717, 1.165) is 7.14 Å². The quantitative estimate of drug-likeness (QED) is 0.344. The number of benzene rings is 1. The molecule has 0 aliphatic rings. The Hall–Kier alpha value is 0.680. The van der Waals surface area contributed by atoms with Crippen molar-refractivity contribution in [3.05, 3.63) is 22.3 Å². The molecule has 6 heteroatoms. The number of hydrogen-bond acceptors (Lipinski definition) is 2. The van der Waals surface area contributed by atoms with Gasteiger partial charge in [-0.1, -0.05) is 0 Å². The topological polar surface area (TPSA) is 63.3 Å². The molecule has 3 nitrogen and oxygen atoms in total. The number of anilines is 1. The van der Waals surface area contributed by atoms with Crippen LogP contribution < -0.4 is 5.73 Å². The molecule has 0 atom stereocenters. The minimum absolute atomic E-state index is 0.199. The first-order valence-electron chi connectivity index (χ1n) is 3.11. The largest absolute Gasteiger partial charge is 0.478 e. The van der Waals surface area contributed by atoms with Crippen LogP contribution in [-0.2, 0) is 0 Å². The van der Waals surface area contributed by atoms with Gasteiger partial charge in [-0.15, -0.1) is 0 Å². The van der Waals surface area contributed by atoms with E-state index >= 15 is 0 Å². The van der Waals surface area contributed by atoms with Crippen LogP contribution in [0.4, 0.5) is 5.69 Å². The zero-order valence-corrected chi connectivity index (χ0v) is 12.6. The van der Waals surface area contributed by atoms with Crippen LogP contribution in [0.3, 0.4) is 0 Å². The molecule has 0 spiro atoms. The molecular weight excluding hydrogens is 511 g/mol. The second-order valence-electron chi connectivity index (χ2n) is 2.25. The zero-order valence-electron chi connectivity index (χ0n) is 6.14. The van der Waals surface area contributed by atoms with Gasteiger partial charge < -0.3 is 10.8 Å². The standard InChI is InChI=1S/C7H4I3NO2/c8-2-1-3(9)5(10)6(11)4(2)7(12)13/h1H,11H2,(H,12,13). The molecule has 0 aliphatic heterocycles. The monoisotopic (exact) mass is 515 g/mol. The number of aromatic carboxylic acids is 1. The molecule has 0 heterocycles. The van der Waals surface area contributed by atoms with E-state index in [9.17, 15) is 4.79 Å². The second kappa shape index (κ2) is 4.47. The molecule has 3 N–H and O–H groups in total.